The zero-order chi connectivity index (χ0) is 13.6. The standard InChI is InChI=1S/C15H14N2O2/c1-8-4-5-14-12(6-8)13(15(18)16-14)7-11-9(2)17-19-10(11)3/h4-7H,1-3H3,(H,16,18)/b13-7-. The highest BCUT2D eigenvalue weighted by molar-refractivity contribution is 6.35. The number of nitrogens with one attached hydrogen (secondary N) is 1. The van der Waals surface area contributed by atoms with Gasteiger partial charge in [0.1, 0.15) is 5.76 Å². The molecule has 0 saturated heterocycles. The molecular weight excluding hydrogens is 240 g/mol. The lowest BCUT2D eigenvalue weighted by Gasteiger charge is -2.00. The summed E-state index contributed by atoms with van der Waals surface area (Å²) in [5, 5.41) is 6.77. The molecule has 0 unspecified atom stereocenters. The van der Waals surface area contributed by atoms with E-state index in [1.165, 1.54) is 0 Å². The molecule has 3 rings (SSSR count). The van der Waals surface area contributed by atoms with Crippen molar-refractivity contribution in [3.63, 3.8) is 0 Å². The summed E-state index contributed by atoms with van der Waals surface area (Å²) >= 11 is 0. The van der Waals surface area contributed by atoms with Crippen molar-refractivity contribution in [2.45, 2.75) is 20.8 Å². The molecule has 4 heteroatoms. The number of fused-ring (bicyclic) bond motifs is 1. The van der Waals surface area contributed by atoms with Crippen LogP contribution in [-0.2, 0) is 4.79 Å². The zero-order valence-electron chi connectivity index (χ0n) is 11.1. The summed E-state index contributed by atoms with van der Waals surface area (Å²) in [6.07, 6.45) is 1.85. The average Bonchev–Trinajstić information content (AvgIpc) is 2.84. The van der Waals surface area contributed by atoms with E-state index in [2.05, 4.69) is 10.5 Å². The maximum absolute atomic E-state index is 12.1. The number of carbonyl (C=O) groups is 1. The van der Waals surface area contributed by atoms with Crippen molar-refractivity contribution in [2.75, 3.05) is 5.32 Å². The highest BCUT2D eigenvalue weighted by Gasteiger charge is 2.24. The smallest absolute Gasteiger partial charge is 0.256 e. The Morgan fingerprint density at radius 2 is 2.05 bits per heavy atom. The molecule has 0 bridgehead atoms. The number of nitrogens with zero attached hydrogens (tertiary/aromatic N) is 1. The van der Waals surface area contributed by atoms with E-state index in [-0.39, 0.29) is 5.91 Å². The number of carbonyl (C=O) groups excluding carboxylic acids is 1. The molecule has 0 fully saturated rings. The van der Waals surface area contributed by atoms with Crippen LogP contribution in [0.3, 0.4) is 0 Å². The maximum atomic E-state index is 12.1. The Morgan fingerprint density at radius 1 is 1.26 bits per heavy atom. The molecule has 1 aliphatic rings. The number of benzene rings is 1. The van der Waals surface area contributed by atoms with Crippen LogP contribution in [0.5, 0.6) is 0 Å². The van der Waals surface area contributed by atoms with Crippen molar-refractivity contribution in [1.29, 1.82) is 0 Å². The number of hydrogen-bond donors (Lipinski definition) is 1. The molecule has 1 aromatic heterocycles. The average molecular weight is 254 g/mol. The number of anilines is 1. The molecule has 2 aromatic rings. The first-order valence-corrected chi connectivity index (χ1v) is 6.13. The van der Waals surface area contributed by atoms with Gasteiger partial charge in [-0.3, -0.25) is 4.79 Å². The highest BCUT2D eigenvalue weighted by atomic mass is 16.5. The van der Waals surface area contributed by atoms with E-state index in [0.29, 0.717) is 5.57 Å². The van der Waals surface area contributed by atoms with Gasteiger partial charge in [-0.05, 0) is 39.0 Å². The van der Waals surface area contributed by atoms with Crippen LogP contribution >= 0.6 is 0 Å². The number of hydrogen-bond acceptors (Lipinski definition) is 3. The minimum Gasteiger partial charge on any atom is -0.361 e. The molecule has 4 nitrogen and oxygen atoms in total. The van der Waals surface area contributed by atoms with Crippen LogP contribution in [0.4, 0.5) is 5.69 Å². The van der Waals surface area contributed by atoms with Crippen LogP contribution in [0.25, 0.3) is 11.6 Å². The normalized spacial score (nSPS) is 15.7. The number of rotatable bonds is 1. The van der Waals surface area contributed by atoms with Crippen molar-refractivity contribution in [3.05, 3.63) is 46.3 Å². The number of aromatic nitrogens is 1. The van der Waals surface area contributed by atoms with E-state index < -0.39 is 0 Å². The Morgan fingerprint density at radius 3 is 2.74 bits per heavy atom. The van der Waals surface area contributed by atoms with Gasteiger partial charge in [0.05, 0.1) is 5.69 Å². The Labute approximate surface area is 111 Å². The summed E-state index contributed by atoms with van der Waals surface area (Å²) < 4.78 is 5.13. The third-order valence-corrected chi connectivity index (χ3v) is 3.34. The van der Waals surface area contributed by atoms with Crippen LogP contribution < -0.4 is 5.32 Å². The molecule has 1 amide bonds. The zero-order valence-corrected chi connectivity index (χ0v) is 11.1. The van der Waals surface area contributed by atoms with E-state index in [0.717, 1.165) is 33.8 Å². The van der Waals surface area contributed by atoms with Gasteiger partial charge >= 0.3 is 0 Å². The van der Waals surface area contributed by atoms with Gasteiger partial charge in [-0.25, -0.2) is 0 Å². The van der Waals surface area contributed by atoms with Crippen LogP contribution in [-0.4, -0.2) is 11.1 Å². The second kappa shape index (κ2) is 4.09. The van der Waals surface area contributed by atoms with Gasteiger partial charge in [-0.15, -0.1) is 0 Å². The summed E-state index contributed by atoms with van der Waals surface area (Å²) in [5.41, 5.74) is 5.24. The fraction of sp³-hybridized carbons (Fsp3) is 0.200. The van der Waals surface area contributed by atoms with Crippen molar-refractivity contribution in [3.8, 4) is 0 Å². The molecule has 0 aliphatic carbocycles. The van der Waals surface area contributed by atoms with Crippen molar-refractivity contribution >= 4 is 23.2 Å². The monoisotopic (exact) mass is 254 g/mol. The number of aryl methyl sites for hydroxylation is 3. The third-order valence-electron chi connectivity index (χ3n) is 3.34. The second-order valence-electron chi connectivity index (χ2n) is 4.80. The summed E-state index contributed by atoms with van der Waals surface area (Å²) in [4.78, 5) is 12.1. The van der Waals surface area contributed by atoms with Gasteiger partial charge in [0.25, 0.3) is 5.91 Å². The summed E-state index contributed by atoms with van der Waals surface area (Å²) in [6.45, 7) is 5.72. The first-order valence-electron chi connectivity index (χ1n) is 6.13. The Bertz CT molecular complexity index is 691. The van der Waals surface area contributed by atoms with Gasteiger partial charge in [-0.2, -0.15) is 0 Å². The van der Waals surface area contributed by atoms with Crippen LogP contribution in [0.1, 0.15) is 28.1 Å². The fourth-order valence-corrected chi connectivity index (χ4v) is 2.29. The first-order chi connectivity index (χ1) is 9.06. The second-order valence-corrected chi connectivity index (χ2v) is 4.80. The summed E-state index contributed by atoms with van der Waals surface area (Å²) in [7, 11) is 0. The Balaban J connectivity index is 2.17. The lowest BCUT2D eigenvalue weighted by atomic mass is 10.0. The molecule has 1 N–H and O–H groups in total. The largest absolute Gasteiger partial charge is 0.361 e. The SMILES string of the molecule is Cc1ccc2c(c1)/C(=C/c1c(C)noc1C)C(=O)N2. The van der Waals surface area contributed by atoms with Gasteiger partial charge < -0.3 is 9.84 Å². The number of amides is 1. The Hall–Kier alpha value is -2.36. The molecule has 0 spiro atoms. The van der Waals surface area contributed by atoms with Crippen molar-refractivity contribution in [2.24, 2.45) is 0 Å². The predicted molar refractivity (Wildman–Crippen MR) is 73.7 cm³/mol. The summed E-state index contributed by atoms with van der Waals surface area (Å²) in [6, 6.07) is 5.92. The van der Waals surface area contributed by atoms with E-state index in [9.17, 15) is 4.79 Å². The molecule has 19 heavy (non-hydrogen) atoms. The van der Waals surface area contributed by atoms with Gasteiger partial charge in [0.2, 0.25) is 0 Å². The first kappa shape index (κ1) is 11.7. The van der Waals surface area contributed by atoms with Gasteiger partial charge in [-0.1, -0.05) is 16.8 Å². The Kier molecular flexibility index (Phi) is 2.52. The minimum atomic E-state index is -0.0828. The highest BCUT2D eigenvalue weighted by Crippen LogP contribution is 2.34. The quantitative estimate of drug-likeness (QED) is 0.795. The van der Waals surface area contributed by atoms with E-state index in [1.54, 1.807) is 0 Å². The van der Waals surface area contributed by atoms with Crippen molar-refractivity contribution < 1.29 is 9.32 Å². The molecule has 1 aliphatic heterocycles. The summed E-state index contributed by atoms with van der Waals surface area (Å²) in [5.74, 6) is 0.638. The molecule has 2 heterocycles. The third kappa shape index (κ3) is 1.85. The lowest BCUT2D eigenvalue weighted by Crippen LogP contribution is -2.03. The van der Waals surface area contributed by atoms with Crippen molar-refractivity contribution in [1.82, 2.24) is 5.16 Å². The molecule has 0 atom stereocenters. The van der Waals surface area contributed by atoms with Gasteiger partial charge in [0, 0.05) is 22.4 Å². The van der Waals surface area contributed by atoms with E-state index in [1.807, 2.05) is 45.0 Å². The molecule has 1 aromatic carbocycles. The minimum absolute atomic E-state index is 0.0828. The molecule has 0 radical (unpaired) electrons. The fourth-order valence-electron chi connectivity index (χ4n) is 2.29. The topological polar surface area (TPSA) is 55.1 Å². The van der Waals surface area contributed by atoms with Crippen LogP contribution in [0.15, 0.2) is 22.7 Å². The maximum Gasteiger partial charge on any atom is 0.256 e. The van der Waals surface area contributed by atoms with Crippen LogP contribution in [0.2, 0.25) is 0 Å². The van der Waals surface area contributed by atoms with Crippen LogP contribution in [0, 0.1) is 20.8 Å². The predicted octanol–water partition coefficient (Wildman–Crippen LogP) is 3.09. The van der Waals surface area contributed by atoms with E-state index >= 15 is 0 Å². The lowest BCUT2D eigenvalue weighted by molar-refractivity contribution is -0.110. The molecular formula is C15H14N2O2. The van der Waals surface area contributed by atoms with E-state index in [4.69, 9.17) is 4.52 Å². The van der Waals surface area contributed by atoms with Gasteiger partial charge in [0.15, 0.2) is 0 Å². The molecule has 96 valence electrons. The molecule has 0 saturated carbocycles.